The molecule has 0 bridgehead atoms. The summed E-state index contributed by atoms with van der Waals surface area (Å²) in [7, 11) is 0. The highest BCUT2D eigenvalue weighted by molar-refractivity contribution is 6.36. The molecular weight excluding hydrogens is 283 g/mol. The van der Waals surface area contributed by atoms with Crippen molar-refractivity contribution in [2.24, 2.45) is 0 Å². The molecule has 0 spiro atoms. The van der Waals surface area contributed by atoms with Gasteiger partial charge in [0.25, 0.3) is 5.91 Å². The third-order valence-electron chi connectivity index (χ3n) is 3.43. The molecule has 1 aromatic carbocycles. The number of hydrogen-bond donors (Lipinski definition) is 1. The van der Waals surface area contributed by atoms with Crippen LogP contribution in [0.1, 0.15) is 30.1 Å². The van der Waals surface area contributed by atoms with E-state index in [9.17, 15) is 4.79 Å². The molecule has 1 heterocycles. The average Bonchev–Trinajstić information content (AvgIpc) is 2.88. The zero-order chi connectivity index (χ0) is 13.8. The van der Waals surface area contributed by atoms with Crippen LogP contribution in [0, 0.1) is 0 Å². The zero-order valence-corrected chi connectivity index (χ0v) is 12.5. The van der Waals surface area contributed by atoms with E-state index in [0.717, 1.165) is 19.5 Å². The maximum absolute atomic E-state index is 12.5. The number of nitrogens with zero attached hydrogens (tertiary/aromatic N) is 1. The molecule has 1 fully saturated rings. The Labute approximate surface area is 123 Å². The van der Waals surface area contributed by atoms with E-state index in [0.29, 0.717) is 28.2 Å². The van der Waals surface area contributed by atoms with Gasteiger partial charge >= 0.3 is 0 Å². The van der Waals surface area contributed by atoms with E-state index < -0.39 is 0 Å². The van der Waals surface area contributed by atoms with Crippen molar-refractivity contribution in [3.05, 3.63) is 33.8 Å². The molecule has 0 aromatic heterocycles. The van der Waals surface area contributed by atoms with Crippen LogP contribution < -0.4 is 5.32 Å². The number of amides is 1. The highest BCUT2D eigenvalue weighted by Crippen LogP contribution is 2.22. The zero-order valence-electron chi connectivity index (χ0n) is 11.0. The summed E-state index contributed by atoms with van der Waals surface area (Å²) in [5.74, 6) is -0.0298. The van der Waals surface area contributed by atoms with Gasteiger partial charge in [-0.15, -0.1) is 0 Å². The van der Waals surface area contributed by atoms with E-state index in [-0.39, 0.29) is 5.91 Å². The molecule has 0 aliphatic carbocycles. The van der Waals surface area contributed by atoms with Gasteiger partial charge < -0.3 is 10.2 Å². The van der Waals surface area contributed by atoms with Gasteiger partial charge in [0.05, 0.1) is 10.6 Å². The van der Waals surface area contributed by atoms with E-state index in [2.05, 4.69) is 5.32 Å². The summed E-state index contributed by atoms with van der Waals surface area (Å²) in [6, 6.07) is 5.40. The molecule has 1 aromatic rings. The molecule has 5 heteroatoms. The van der Waals surface area contributed by atoms with Crippen LogP contribution in [0.25, 0.3) is 0 Å². The monoisotopic (exact) mass is 300 g/mol. The van der Waals surface area contributed by atoms with Gasteiger partial charge in [0.2, 0.25) is 0 Å². The van der Waals surface area contributed by atoms with Crippen LogP contribution in [0.15, 0.2) is 18.2 Å². The number of halogens is 2. The lowest BCUT2D eigenvalue weighted by Crippen LogP contribution is -2.41. The van der Waals surface area contributed by atoms with Crippen molar-refractivity contribution in [3.8, 4) is 0 Å². The molecule has 1 aliphatic heterocycles. The number of hydrogen-bond acceptors (Lipinski definition) is 2. The fourth-order valence-corrected chi connectivity index (χ4v) is 2.86. The fraction of sp³-hybridized carbons (Fsp3) is 0.500. The van der Waals surface area contributed by atoms with Crippen molar-refractivity contribution in [2.75, 3.05) is 19.6 Å². The number of carbonyl (C=O) groups is 1. The normalized spacial score (nSPS) is 18.6. The van der Waals surface area contributed by atoms with Crippen molar-refractivity contribution < 1.29 is 4.79 Å². The molecule has 0 saturated carbocycles. The Hall–Kier alpha value is -0.770. The highest BCUT2D eigenvalue weighted by Gasteiger charge is 2.22. The minimum Gasteiger partial charge on any atom is -0.337 e. The Bertz CT molecular complexity index is 459. The van der Waals surface area contributed by atoms with E-state index in [4.69, 9.17) is 23.2 Å². The number of benzene rings is 1. The van der Waals surface area contributed by atoms with Gasteiger partial charge in [-0.2, -0.15) is 0 Å². The number of nitrogens with one attached hydrogen (secondary N) is 1. The average molecular weight is 301 g/mol. The van der Waals surface area contributed by atoms with Crippen LogP contribution in [-0.4, -0.2) is 36.5 Å². The first kappa shape index (κ1) is 14.6. The molecule has 0 radical (unpaired) electrons. The van der Waals surface area contributed by atoms with Gasteiger partial charge in [-0.05, 0) is 44.5 Å². The Balaban J connectivity index is 2.10. The van der Waals surface area contributed by atoms with Crippen LogP contribution in [0.5, 0.6) is 0 Å². The first-order valence-corrected chi connectivity index (χ1v) is 7.35. The summed E-state index contributed by atoms with van der Waals surface area (Å²) in [6.07, 6.45) is 2.30. The Morgan fingerprint density at radius 1 is 1.47 bits per heavy atom. The summed E-state index contributed by atoms with van der Waals surface area (Å²) < 4.78 is 0. The summed E-state index contributed by atoms with van der Waals surface area (Å²) >= 11 is 11.9. The fourth-order valence-electron chi connectivity index (χ4n) is 2.37. The first-order chi connectivity index (χ1) is 9.11. The van der Waals surface area contributed by atoms with Gasteiger partial charge in [-0.3, -0.25) is 4.79 Å². The number of rotatable bonds is 4. The topological polar surface area (TPSA) is 32.3 Å². The van der Waals surface area contributed by atoms with Gasteiger partial charge in [-0.1, -0.05) is 23.2 Å². The van der Waals surface area contributed by atoms with Gasteiger partial charge in [0.15, 0.2) is 0 Å². The Morgan fingerprint density at radius 3 is 2.84 bits per heavy atom. The third kappa shape index (κ3) is 3.62. The minimum atomic E-state index is -0.0298. The predicted molar refractivity (Wildman–Crippen MR) is 79.1 cm³/mol. The van der Waals surface area contributed by atoms with Crippen molar-refractivity contribution in [3.63, 3.8) is 0 Å². The van der Waals surface area contributed by atoms with E-state index in [1.165, 1.54) is 6.42 Å². The van der Waals surface area contributed by atoms with Gasteiger partial charge in [0.1, 0.15) is 0 Å². The van der Waals surface area contributed by atoms with Crippen molar-refractivity contribution in [1.82, 2.24) is 10.2 Å². The standard InChI is InChI=1S/C14H18Cl2N2O/c1-2-18(9-11-4-3-7-17-11)14(19)12-6-5-10(15)8-13(12)16/h5-6,8,11,17H,2-4,7,9H2,1H3. The van der Waals surface area contributed by atoms with E-state index in [1.807, 2.05) is 11.8 Å². The van der Waals surface area contributed by atoms with Crippen molar-refractivity contribution in [2.45, 2.75) is 25.8 Å². The molecule has 1 unspecified atom stereocenters. The molecule has 2 rings (SSSR count). The highest BCUT2D eigenvalue weighted by atomic mass is 35.5. The smallest absolute Gasteiger partial charge is 0.255 e. The third-order valence-corrected chi connectivity index (χ3v) is 3.98. The lowest BCUT2D eigenvalue weighted by molar-refractivity contribution is 0.0751. The van der Waals surface area contributed by atoms with Crippen LogP contribution in [0.3, 0.4) is 0 Å². The van der Waals surface area contributed by atoms with Crippen molar-refractivity contribution in [1.29, 1.82) is 0 Å². The quantitative estimate of drug-likeness (QED) is 0.926. The summed E-state index contributed by atoms with van der Waals surface area (Å²) in [5.41, 5.74) is 0.519. The van der Waals surface area contributed by atoms with Crippen LogP contribution in [-0.2, 0) is 0 Å². The number of likely N-dealkylation sites (N-methyl/N-ethyl adjacent to an activating group) is 1. The maximum atomic E-state index is 12.5. The number of carbonyl (C=O) groups excluding carboxylic acids is 1. The first-order valence-electron chi connectivity index (χ1n) is 6.59. The van der Waals surface area contributed by atoms with E-state index >= 15 is 0 Å². The molecule has 104 valence electrons. The molecule has 1 atom stereocenters. The summed E-state index contributed by atoms with van der Waals surface area (Å²) in [4.78, 5) is 14.3. The predicted octanol–water partition coefficient (Wildman–Crippen LogP) is 3.21. The molecule has 1 aliphatic rings. The molecule has 1 saturated heterocycles. The van der Waals surface area contributed by atoms with Gasteiger partial charge in [0, 0.05) is 24.2 Å². The molecule has 1 N–H and O–H groups in total. The SMILES string of the molecule is CCN(CC1CCCN1)C(=O)c1ccc(Cl)cc1Cl. The molecule has 3 nitrogen and oxygen atoms in total. The Kier molecular flexibility index (Phi) is 5.08. The molecular formula is C14H18Cl2N2O. The second-order valence-electron chi connectivity index (χ2n) is 4.76. The summed E-state index contributed by atoms with van der Waals surface area (Å²) in [5, 5.41) is 4.36. The minimum absolute atomic E-state index is 0.0298. The largest absolute Gasteiger partial charge is 0.337 e. The second-order valence-corrected chi connectivity index (χ2v) is 5.60. The van der Waals surface area contributed by atoms with Gasteiger partial charge in [-0.25, -0.2) is 0 Å². The lowest BCUT2D eigenvalue weighted by atomic mass is 10.1. The van der Waals surface area contributed by atoms with Crippen LogP contribution in [0.2, 0.25) is 10.0 Å². The maximum Gasteiger partial charge on any atom is 0.255 e. The summed E-state index contributed by atoms with van der Waals surface area (Å²) in [6.45, 7) is 4.43. The van der Waals surface area contributed by atoms with E-state index in [1.54, 1.807) is 18.2 Å². The molecule has 1 amide bonds. The van der Waals surface area contributed by atoms with Crippen LogP contribution in [0.4, 0.5) is 0 Å². The second kappa shape index (κ2) is 6.60. The van der Waals surface area contributed by atoms with Crippen LogP contribution >= 0.6 is 23.2 Å². The molecule has 19 heavy (non-hydrogen) atoms. The Morgan fingerprint density at radius 2 is 2.26 bits per heavy atom. The van der Waals surface area contributed by atoms with Crippen molar-refractivity contribution >= 4 is 29.1 Å². The lowest BCUT2D eigenvalue weighted by Gasteiger charge is -2.25.